The van der Waals surface area contributed by atoms with Crippen LogP contribution in [0.15, 0.2) is 15.2 Å². The Labute approximate surface area is 114 Å². The fourth-order valence-electron chi connectivity index (χ4n) is 2.25. The summed E-state index contributed by atoms with van der Waals surface area (Å²) in [4.78, 5) is 14.0. The topological polar surface area (TPSA) is 62.9 Å². The fraction of sp³-hybridized carbons (Fsp3) is 0.583. The number of methoxy groups -OCH3 is 1. The highest BCUT2D eigenvalue weighted by molar-refractivity contribution is 9.10. The molecule has 1 N–H and O–H groups in total. The van der Waals surface area contributed by atoms with Gasteiger partial charge in [-0.2, -0.15) is 0 Å². The van der Waals surface area contributed by atoms with Crippen LogP contribution in [0.25, 0.3) is 0 Å². The molecule has 0 spiro atoms. The van der Waals surface area contributed by atoms with Gasteiger partial charge in [0.15, 0.2) is 10.4 Å². The summed E-state index contributed by atoms with van der Waals surface area (Å²) in [5, 5.41) is 9.33. The summed E-state index contributed by atoms with van der Waals surface area (Å²) >= 11 is 3.21. The number of carbonyl (C=O) groups excluding carboxylic acids is 1. The molecular formula is C12H16BrNO4. The average Bonchev–Trinajstić information content (AvgIpc) is 2.91. The highest BCUT2D eigenvalue weighted by Crippen LogP contribution is 2.26. The molecule has 1 aliphatic heterocycles. The van der Waals surface area contributed by atoms with Gasteiger partial charge in [0.2, 0.25) is 0 Å². The molecule has 0 unspecified atom stereocenters. The molecule has 0 bridgehead atoms. The fourth-order valence-corrected chi connectivity index (χ4v) is 2.76. The minimum atomic E-state index is -0.203. The first-order valence-electron chi connectivity index (χ1n) is 5.77. The maximum Gasteiger partial charge on any atom is 0.290 e. The van der Waals surface area contributed by atoms with Crippen LogP contribution in [0.2, 0.25) is 0 Å². The van der Waals surface area contributed by atoms with Crippen molar-refractivity contribution in [3.05, 3.63) is 22.1 Å². The molecule has 0 radical (unpaired) electrons. The first kappa shape index (κ1) is 13.6. The number of likely N-dealkylation sites (tertiary alicyclic amines) is 1. The summed E-state index contributed by atoms with van der Waals surface area (Å²) in [6.07, 6.45) is 0.629. The first-order valence-corrected chi connectivity index (χ1v) is 6.56. The minimum Gasteiger partial charge on any atom is -0.444 e. The molecule has 100 valence electrons. The van der Waals surface area contributed by atoms with Gasteiger partial charge in [-0.05, 0) is 35.3 Å². The number of aliphatic hydroxyl groups excluding tert-OH is 1. The molecule has 6 heteroatoms. The number of amides is 1. The lowest BCUT2D eigenvalue weighted by Crippen LogP contribution is -2.38. The van der Waals surface area contributed by atoms with Gasteiger partial charge in [0.05, 0.1) is 18.8 Å². The van der Waals surface area contributed by atoms with E-state index in [1.807, 2.05) is 6.92 Å². The Hall–Kier alpha value is -0.850. The largest absolute Gasteiger partial charge is 0.444 e. The Morgan fingerprint density at radius 3 is 2.94 bits per heavy atom. The van der Waals surface area contributed by atoms with Crippen molar-refractivity contribution in [1.29, 1.82) is 0 Å². The summed E-state index contributed by atoms with van der Waals surface area (Å²) in [7, 11) is 1.61. The number of hydrogen-bond acceptors (Lipinski definition) is 4. The summed E-state index contributed by atoms with van der Waals surface area (Å²) in [5.41, 5.74) is 0.782. The number of rotatable bonds is 3. The van der Waals surface area contributed by atoms with Crippen LogP contribution in [-0.2, 0) is 4.74 Å². The lowest BCUT2D eigenvalue weighted by Gasteiger charge is -2.21. The zero-order chi connectivity index (χ0) is 13.3. The number of carbonyl (C=O) groups is 1. The lowest BCUT2D eigenvalue weighted by molar-refractivity contribution is 0.0615. The van der Waals surface area contributed by atoms with Crippen molar-refractivity contribution in [1.82, 2.24) is 4.90 Å². The van der Waals surface area contributed by atoms with Crippen molar-refractivity contribution < 1.29 is 19.1 Å². The second kappa shape index (κ2) is 5.42. The van der Waals surface area contributed by atoms with Crippen LogP contribution in [0, 0.1) is 6.92 Å². The van der Waals surface area contributed by atoms with Crippen LogP contribution >= 0.6 is 15.9 Å². The Balaban J connectivity index is 2.20. The number of aryl methyl sites for hydroxylation is 1. The van der Waals surface area contributed by atoms with Gasteiger partial charge in [0.25, 0.3) is 5.91 Å². The van der Waals surface area contributed by atoms with E-state index in [1.165, 1.54) is 0 Å². The van der Waals surface area contributed by atoms with E-state index in [0.717, 1.165) is 5.56 Å². The average molecular weight is 318 g/mol. The van der Waals surface area contributed by atoms with Gasteiger partial charge >= 0.3 is 0 Å². The Kier molecular flexibility index (Phi) is 4.09. The molecule has 1 amide bonds. The molecule has 18 heavy (non-hydrogen) atoms. The van der Waals surface area contributed by atoms with E-state index < -0.39 is 0 Å². The number of ether oxygens (including phenoxy) is 1. The van der Waals surface area contributed by atoms with Gasteiger partial charge in [-0.3, -0.25) is 4.79 Å². The predicted molar refractivity (Wildman–Crippen MR) is 68.5 cm³/mol. The summed E-state index contributed by atoms with van der Waals surface area (Å²) in [6.45, 7) is 2.24. The normalized spacial score (nSPS) is 23.7. The van der Waals surface area contributed by atoms with Gasteiger partial charge < -0.3 is 19.2 Å². The zero-order valence-corrected chi connectivity index (χ0v) is 11.9. The van der Waals surface area contributed by atoms with Crippen LogP contribution < -0.4 is 0 Å². The van der Waals surface area contributed by atoms with Crippen LogP contribution in [0.1, 0.15) is 22.5 Å². The third-order valence-electron chi connectivity index (χ3n) is 3.26. The number of aliphatic hydroxyl groups is 1. The Morgan fingerprint density at radius 2 is 2.44 bits per heavy atom. The molecule has 0 aliphatic carbocycles. The number of furan rings is 1. The summed E-state index contributed by atoms with van der Waals surface area (Å²) < 4.78 is 11.1. The quantitative estimate of drug-likeness (QED) is 0.919. The highest BCUT2D eigenvalue weighted by Gasteiger charge is 2.36. The van der Waals surface area contributed by atoms with Gasteiger partial charge in [-0.25, -0.2) is 0 Å². The number of hydrogen-bond donors (Lipinski definition) is 1. The van der Waals surface area contributed by atoms with Crippen molar-refractivity contribution in [3.8, 4) is 0 Å². The number of halogens is 1. The second-order valence-corrected chi connectivity index (χ2v) is 5.23. The van der Waals surface area contributed by atoms with Crippen LogP contribution in [0.3, 0.4) is 0 Å². The smallest absolute Gasteiger partial charge is 0.290 e. The molecule has 1 aliphatic rings. The van der Waals surface area contributed by atoms with Crippen LogP contribution in [0.5, 0.6) is 0 Å². The Morgan fingerprint density at radius 1 is 1.72 bits per heavy atom. The molecule has 0 saturated carbocycles. The third kappa shape index (κ3) is 2.46. The SMILES string of the molecule is CO[C@H]1C[C@@H](CO)N(C(=O)c2oc(Br)cc2C)C1. The number of nitrogens with zero attached hydrogens (tertiary/aromatic N) is 1. The van der Waals surface area contributed by atoms with Crippen molar-refractivity contribution in [2.45, 2.75) is 25.5 Å². The van der Waals surface area contributed by atoms with Crippen molar-refractivity contribution in [2.75, 3.05) is 20.3 Å². The molecule has 1 fully saturated rings. The predicted octanol–water partition coefficient (Wildman–Crippen LogP) is 1.57. The van der Waals surface area contributed by atoms with Gasteiger partial charge in [0.1, 0.15) is 0 Å². The van der Waals surface area contributed by atoms with Crippen LogP contribution in [-0.4, -0.2) is 48.3 Å². The monoisotopic (exact) mass is 317 g/mol. The van der Waals surface area contributed by atoms with E-state index in [2.05, 4.69) is 15.9 Å². The molecule has 2 heterocycles. The molecule has 1 aromatic rings. The first-order chi connectivity index (χ1) is 8.56. The molecule has 0 aromatic carbocycles. The van der Waals surface area contributed by atoms with Gasteiger partial charge in [-0.15, -0.1) is 0 Å². The molecule has 5 nitrogen and oxygen atoms in total. The van der Waals surface area contributed by atoms with Crippen molar-refractivity contribution >= 4 is 21.8 Å². The lowest BCUT2D eigenvalue weighted by atomic mass is 10.2. The Bertz CT molecular complexity index is 445. The van der Waals surface area contributed by atoms with Gasteiger partial charge in [-0.1, -0.05) is 0 Å². The highest BCUT2D eigenvalue weighted by atomic mass is 79.9. The second-order valence-electron chi connectivity index (χ2n) is 4.45. The van der Waals surface area contributed by atoms with E-state index in [-0.39, 0.29) is 24.7 Å². The van der Waals surface area contributed by atoms with E-state index >= 15 is 0 Å². The third-order valence-corrected chi connectivity index (χ3v) is 3.65. The van der Waals surface area contributed by atoms with Crippen molar-refractivity contribution in [2.24, 2.45) is 0 Å². The van der Waals surface area contributed by atoms with E-state index in [9.17, 15) is 9.90 Å². The maximum atomic E-state index is 12.4. The maximum absolute atomic E-state index is 12.4. The molecule has 1 aromatic heterocycles. The standard InChI is InChI=1S/C12H16BrNO4/c1-7-3-10(13)18-11(7)12(16)14-5-9(17-2)4-8(14)6-15/h3,8-9,15H,4-6H2,1-2H3/t8-,9-/m0/s1. The van der Waals surface area contributed by atoms with E-state index in [0.29, 0.717) is 23.4 Å². The zero-order valence-electron chi connectivity index (χ0n) is 10.4. The van der Waals surface area contributed by atoms with E-state index in [4.69, 9.17) is 9.15 Å². The van der Waals surface area contributed by atoms with Crippen molar-refractivity contribution in [3.63, 3.8) is 0 Å². The molecule has 2 rings (SSSR count). The molecule has 1 saturated heterocycles. The van der Waals surface area contributed by atoms with Gasteiger partial charge in [0, 0.05) is 19.2 Å². The van der Waals surface area contributed by atoms with Crippen LogP contribution in [0.4, 0.5) is 0 Å². The minimum absolute atomic E-state index is 0.0233. The molecular weight excluding hydrogens is 302 g/mol. The molecule has 2 atom stereocenters. The van der Waals surface area contributed by atoms with E-state index in [1.54, 1.807) is 18.1 Å². The summed E-state index contributed by atoms with van der Waals surface area (Å²) in [5.74, 6) is 0.119. The summed E-state index contributed by atoms with van der Waals surface area (Å²) in [6, 6.07) is 1.55.